The first-order chi connectivity index (χ1) is 20.7. The van der Waals surface area contributed by atoms with Gasteiger partial charge in [0.05, 0.1) is 6.61 Å². The predicted molar refractivity (Wildman–Crippen MR) is 123 cm³/mol. The lowest BCUT2D eigenvalue weighted by molar-refractivity contribution is -0.461. The molecule has 47 heavy (non-hydrogen) atoms. The predicted octanol–water partition coefficient (Wildman–Crippen LogP) is 7.73. The van der Waals surface area contributed by atoms with Crippen molar-refractivity contribution in [3.8, 4) is 0 Å². The Hall–Kier alpha value is -3.36. The molecule has 5 nitrogen and oxygen atoms in total. The van der Waals surface area contributed by atoms with Crippen LogP contribution in [0.25, 0.3) is 0 Å². The maximum absolute atomic E-state index is 14.1. The monoisotopic (exact) mass is 723 g/mol. The van der Waals surface area contributed by atoms with E-state index in [2.05, 4.69) is 4.74 Å². The number of carbonyl (C=O) groups is 3. The summed E-state index contributed by atoms with van der Waals surface area (Å²) in [6.45, 7) is 2.34. The van der Waals surface area contributed by atoms with E-state index in [0.29, 0.717) is 0 Å². The van der Waals surface area contributed by atoms with Crippen molar-refractivity contribution in [3.05, 3.63) is 35.9 Å². The molecule has 0 saturated carbocycles. The van der Waals surface area contributed by atoms with Gasteiger partial charge < -0.3 is 10.1 Å². The van der Waals surface area contributed by atoms with Crippen LogP contribution in [0, 0.1) is 5.41 Å². The molecule has 0 aromatic heterocycles. The smallest absolute Gasteiger partial charge is 0.460 e. The van der Waals surface area contributed by atoms with Crippen molar-refractivity contribution < 1.29 is 93.8 Å². The molecule has 0 spiro atoms. The Morgan fingerprint density at radius 2 is 1.04 bits per heavy atom. The van der Waals surface area contributed by atoms with Crippen LogP contribution < -0.4 is 5.32 Å². The highest BCUT2D eigenvalue weighted by molar-refractivity contribution is 6.13. The lowest BCUT2D eigenvalue weighted by Crippen LogP contribution is -2.74. The molecule has 0 heterocycles. The van der Waals surface area contributed by atoms with Gasteiger partial charge in [0.2, 0.25) is 5.91 Å². The molecule has 22 heteroatoms. The number of hydrogen-bond acceptors (Lipinski definition) is 4. The van der Waals surface area contributed by atoms with Gasteiger partial charge in [-0.3, -0.25) is 9.59 Å². The average Bonchev–Trinajstić information content (AvgIpc) is 2.92. The Morgan fingerprint density at radius 1 is 0.638 bits per heavy atom. The van der Waals surface area contributed by atoms with Crippen LogP contribution in [0.1, 0.15) is 44.0 Å². The Morgan fingerprint density at radius 3 is 1.45 bits per heavy atom. The molecule has 270 valence electrons. The van der Waals surface area contributed by atoms with Crippen LogP contribution >= 0.6 is 0 Å². The number of amides is 1. The third-order valence-electron chi connectivity index (χ3n) is 6.18. The van der Waals surface area contributed by atoms with Gasteiger partial charge in [0, 0.05) is 17.4 Å². The van der Waals surface area contributed by atoms with Crippen LogP contribution in [0.15, 0.2) is 30.3 Å². The minimum absolute atomic E-state index is 0.242. The summed E-state index contributed by atoms with van der Waals surface area (Å²) in [6.07, 6.45) is -12.4. The van der Waals surface area contributed by atoms with Crippen LogP contribution in [0.3, 0.4) is 0 Å². The van der Waals surface area contributed by atoms with Gasteiger partial charge in [0.25, 0.3) is 0 Å². The molecule has 0 radical (unpaired) electrons. The summed E-state index contributed by atoms with van der Waals surface area (Å²) >= 11 is 0. The molecule has 0 aliphatic heterocycles. The number of ketones is 1. The third kappa shape index (κ3) is 7.39. The van der Waals surface area contributed by atoms with Crippen molar-refractivity contribution in [3.63, 3.8) is 0 Å². The van der Waals surface area contributed by atoms with E-state index in [0.717, 1.165) is 12.1 Å². The van der Waals surface area contributed by atoms with E-state index in [1.54, 1.807) is 0 Å². The van der Waals surface area contributed by atoms with Gasteiger partial charge in [-0.1, -0.05) is 51.1 Å². The first-order valence-corrected chi connectivity index (χ1v) is 12.4. The fourth-order valence-corrected chi connectivity index (χ4v) is 3.25. The summed E-state index contributed by atoms with van der Waals surface area (Å²) in [5.41, 5.74) is -1.52. The maximum Gasteiger partial charge on any atom is 0.460 e. The molecule has 1 atom stereocenters. The van der Waals surface area contributed by atoms with E-state index in [1.165, 1.54) is 39.0 Å². The highest BCUT2D eigenvalue weighted by atomic mass is 19.4. The first kappa shape index (κ1) is 41.7. The minimum atomic E-state index is -8.74. The highest BCUT2D eigenvalue weighted by Crippen LogP contribution is 2.64. The molecule has 1 N–H and O–H groups in total. The van der Waals surface area contributed by atoms with Gasteiger partial charge in [-0.05, 0) is 6.42 Å². The first-order valence-electron chi connectivity index (χ1n) is 12.4. The average molecular weight is 723 g/mol. The zero-order chi connectivity index (χ0) is 37.5. The third-order valence-corrected chi connectivity index (χ3v) is 6.18. The molecule has 0 aliphatic rings. The number of nitrogens with one attached hydrogen (secondary N) is 1. The van der Waals surface area contributed by atoms with E-state index in [1.807, 2.05) is 5.32 Å². The standard InChI is InChI=1S/C25H22F17NO4/c1-17(2,3)16(46)43-13(14(44)12-8-5-4-6-9-12)15(45)47-11-7-10-18(26,27)19(28,29)20(30,31)21(32,33)22(34,35)23(36,37)24(38,39)25(40,41)42/h4-6,8-9,13H,7,10-11H2,1-3H3,(H,43,46). The molecular formula is C25H22F17NO4. The van der Waals surface area contributed by atoms with Crippen LogP contribution in [-0.4, -0.2) is 77.9 Å². The van der Waals surface area contributed by atoms with Gasteiger partial charge in [-0.25, -0.2) is 4.79 Å². The van der Waals surface area contributed by atoms with Crippen molar-refractivity contribution in [2.75, 3.05) is 6.61 Å². The van der Waals surface area contributed by atoms with Crippen LogP contribution in [0.4, 0.5) is 74.6 Å². The molecule has 0 aliphatic carbocycles. The zero-order valence-electron chi connectivity index (χ0n) is 23.6. The summed E-state index contributed by atoms with van der Waals surface area (Å²) in [5.74, 6) is -61.2. The molecule has 0 saturated heterocycles. The van der Waals surface area contributed by atoms with Gasteiger partial charge in [0.15, 0.2) is 11.8 Å². The topological polar surface area (TPSA) is 72.5 Å². The normalized spacial score (nSPS) is 15.2. The number of rotatable bonds is 14. The lowest BCUT2D eigenvalue weighted by Gasteiger charge is -2.42. The number of alkyl halides is 17. The molecular weight excluding hydrogens is 701 g/mol. The van der Waals surface area contributed by atoms with Gasteiger partial charge >= 0.3 is 53.6 Å². The van der Waals surface area contributed by atoms with Gasteiger partial charge in [0.1, 0.15) is 0 Å². The van der Waals surface area contributed by atoms with E-state index < -0.39 is 96.2 Å². The number of carbonyl (C=O) groups excluding carboxylic acids is 3. The van der Waals surface area contributed by atoms with Gasteiger partial charge in [-0.15, -0.1) is 0 Å². The van der Waals surface area contributed by atoms with Crippen molar-refractivity contribution in [2.45, 2.75) is 87.3 Å². The maximum atomic E-state index is 14.1. The van der Waals surface area contributed by atoms with Crippen molar-refractivity contribution >= 4 is 17.7 Å². The van der Waals surface area contributed by atoms with Gasteiger partial charge in [-0.2, -0.15) is 74.6 Å². The quantitative estimate of drug-likeness (QED) is 0.0702. The van der Waals surface area contributed by atoms with Crippen molar-refractivity contribution in [1.82, 2.24) is 5.32 Å². The molecule has 1 amide bonds. The molecule has 1 aromatic carbocycles. The van der Waals surface area contributed by atoms with Crippen molar-refractivity contribution in [2.24, 2.45) is 5.41 Å². The Labute approximate surface area is 252 Å². The zero-order valence-corrected chi connectivity index (χ0v) is 23.6. The number of benzene rings is 1. The van der Waals surface area contributed by atoms with Crippen molar-refractivity contribution in [1.29, 1.82) is 0 Å². The SMILES string of the molecule is CC(C)(C)C(=O)NC(C(=O)OCCCC(F)(F)C(F)(F)C(F)(F)C(F)(F)C(F)(F)C(F)(F)C(F)(F)C(F)(F)F)C(=O)c1ccccc1. The number of Topliss-reactive ketones (excluding diaryl/α,β-unsaturated/α-hetero) is 1. The number of halogens is 17. The van der Waals surface area contributed by atoms with E-state index in [9.17, 15) is 89.0 Å². The second-order valence-electron chi connectivity index (χ2n) is 10.8. The van der Waals surface area contributed by atoms with E-state index >= 15 is 0 Å². The lowest BCUT2D eigenvalue weighted by atomic mass is 9.88. The molecule has 1 unspecified atom stereocenters. The van der Waals surface area contributed by atoms with Crippen LogP contribution in [-0.2, 0) is 14.3 Å². The Bertz CT molecular complexity index is 1290. The Balaban J connectivity index is 3.24. The summed E-state index contributed by atoms with van der Waals surface area (Å²) in [5, 5.41) is 1.95. The highest BCUT2D eigenvalue weighted by Gasteiger charge is 2.95. The molecule has 0 fully saturated rings. The Kier molecular flexibility index (Phi) is 11.5. The van der Waals surface area contributed by atoms with E-state index in [-0.39, 0.29) is 5.56 Å². The number of hydrogen-bond donors (Lipinski definition) is 1. The summed E-state index contributed by atoms with van der Waals surface area (Å²) in [4.78, 5) is 37.5. The summed E-state index contributed by atoms with van der Waals surface area (Å²) < 4.78 is 232. The fraction of sp³-hybridized carbons (Fsp3) is 0.640. The minimum Gasteiger partial charge on any atom is -0.464 e. The summed E-state index contributed by atoms with van der Waals surface area (Å²) in [7, 11) is 0. The molecule has 1 aromatic rings. The molecule has 1 rings (SSSR count). The van der Waals surface area contributed by atoms with Crippen LogP contribution in [0.5, 0.6) is 0 Å². The number of ether oxygens (including phenoxy) is 1. The largest absolute Gasteiger partial charge is 0.464 e. The van der Waals surface area contributed by atoms with E-state index in [4.69, 9.17) is 0 Å². The van der Waals surface area contributed by atoms with Crippen LogP contribution in [0.2, 0.25) is 0 Å². The second kappa shape index (κ2) is 12.9. The molecule has 0 bridgehead atoms. The number of esters is 1. The summed E-state index contributed by atoms with van der Waals surface area (Å²) in [6, 6.07) is 4.02. The fourth-order valence-electron chi connectivity index (χ4n) is 3.25. The second-order valence-corrected chi connectivity index (χ2v) is 10.8.